The highest BCUT2D eigenvalue weighted by atomic mass is 15.9. The van der Waals surface area contributed by atoms with Gasteiger partial charge in [-0.1, -0.05) is 54.6 Å². The van der Waals surface area contributed by atoms with E-state index in [1.807, 2.05) is 95.2 Å². The van der Waals surface area contributed by atoms with Crippen molar-refractivity contribution in [2.24, 2.45) is 0 Å². The number of hydrogen-bond acceptors (Lipinski definition) is 5. The van der Waals surface area contributed by atoms with Crippen LogP contribution in [0.2, 0.25) is 0 Å². The van der Waals surface area contributed by atoms with Gasteiger partial charge in [-0.05, 0) is 36.4 Å². The van der Waals surface area contributed by atoms with Crippen molar-refractivity contribution in [2.75, 3.05) is 15.8 Å². The molecule has 0 amide bonds. The Morgan fingerprint density at radius 2 is 1.20 bits per heavy atom. The van der Waals surface area contributed by atoms with Crippen LogP contribution in [0.3, 0.4) is 0 Å². The summed E-state index contributed by atoms with van der Waals surface area (Å²) < 4.78 is 0. The highest BCUT2D eigenvalue weighted by molar-refractivity contribution is 5.59. The molecule has 5 nitrogen and oxygen atoms in total. The minimum absolute atomic E-state index is 0.917. The number of hydrazine groups is 3. The molecule has 0 aromatic heterocycles. The SMILES string of the molecule is C1=C(Nc2ccccc2)N(c2ccccc2)NN1Nc1ccccc1. The van der Waals surface area contributed by atoms with Gasteiger partial charge in [0.25, 0.3) is 0 Å². The predicted octanol–water partition coefficient (Wildman–Crippen LogP) is 4.17. The fraction of sp³-hybridized carbons (Fsp3) is 0. The molecule has 3 aromatic rings. The average Bonchev–Trinajstić information content (AvgIpc) is 3.06. The van der Waals surface area contributed by atoms with Crippen LogP contribution < -0.4 is 21.3 Å². The number of hydrogen-bond donors (Lipinski definition) is 3. The molecule has 1 aliphatic heterocycles. The van der Waals surface area contributed by atoms with E-state index in [9.17, 15) is 0 Å². The number of para-hydroxylation sites is 3. The van der Waals surface area contributed by atoms with Gasteiger partial charge < -0.3 is 5.32 Å². The normalized spacial score (nSPS) is 13.5. The first kappa shape index (κ1) is 15.1. The Kier molecular flexibility index (Phi) is 4.22. The van der Waals surface area contributed by atoms with Gasteiger partial charge in [-0.2, -0.15) is 0 Å². The molecule has 0 spiro atoms. The van der Waals surface area contributed by atoms with Crippen LogP contribution in [-0.4, -0.2) is 5.12 Å². The van der Waals surface area contributed by atoms with Crippen LogP contribution in [0.5, 0.6) is 0 Å². The maximum Gasteiger partial charge on any atom is 0.147 e. The van der Waals surface area contributed by atoms with Crippen LogP contribution in [0, 0.1) is 0 Å². The second-order valence-electron chi connectivity index (χ2n) is 5.62. The molecule has 5 heteroatoms. The van der Waals surface area contributed by atoms with Crippen molar-refractivity contribution in [3.8, 4) is 0 Å². The third-order valence-corrected chi connectivity index (χ3v) is 3.78. The Balaban J connectivity index is 1.59. The first-order valence-corrected chi connectivity index (χ1v) is 8.15. The van der Waals surface area contributed by atoms with E-state index in [1.54, 1.807) is 0 Å². The molecule has 1 aliphatic rings. The Labute approximate surface area is 147 Å². The van der Waals surface area contributed by atoms with Gasteiger partial charge in [0.1, 0.15) is 5.82 Å². The van der Waals surface area contributed by atoms with Crippen molar-refractivity contribution in [2.45, 2.75) is 0 Å². The van der Waals surface area contributed by atoms with E-state index in [0.29, 0.717) is 0 Å². The van der Waals surface area contributed by atoms with Crippen LogP contribution in [0.25, 0.3) is 0 Å². The zero-order valence-electron chi connectivity index (χ0n) is 13.6. The van der Waals surface area contributed by atoms with Crippen molar-refractivity contribution >= 4 is 17.1 Å². The van der Waals surface area contributed by atoms with Gasteiger partial charge in [-0.3, -0.25) is 5.43 Å². The van der Waals surface area contributed by atoms with E-state index in [4.69, 9.17) is 0 Å². The zero-order valence-corrected chi connectivity index (χ0v) is 13.6. The largest absolute Gasteiger partial charge is 0.339 e. The maximum atomic E-state index is 3.45. The fourth-order valence-corrected chi connectivity index (χ4v) is 2.61. The quantitative estimate of drug-likeness (QED) is 0.656. The van der Waals surface area contributed by atoms with Gasteiger partial charge in [0.2, 0.25) is 0 Å². The summed E-state index contributed by atoms with van der Waals surface area (Å²) in [5.41, 5.74) is 9.71. The summed E-state index contributed by atoms with van der Waals surface area (Å²) in [4.78, 5) is 0. The van der Waals surface area contributed by atoms with Crippen LogP contribution in [0.4, 0.5) is 17.1 Å². The lowest BCUT2D eigenvalue weighted by Gasteiger charge is -2.25. The van der Waals surface area contributed by atoms with Crippen LogP contribution >= 0.6 is 0 Å². The summed E-state index contributed by atoms with van der Waals surface area (Å²) >= 11 is 0. The van der Waals surface area contributed by atoms with E-state index in [0.717, 1.165) is 22.9 Å². The van der Waals surface area contributed by atoms with E-state index in [2.05, 4.69) is 28.4 Å². The predicted molar refractivity (Wildman–Crippen MR) is 102 cm³/mol. The summed E-state index contributed by atoms with van der Waals surface area (Å²) in [6.07, 6.45) is 1.98. The highest BCUT2D eigenvalue weighted by Gasteiger charge is 2.22. The van der Waals surface area contributed by atoms with E-state index >= 15 is 0 Å². The van der Waals surface area contributed by atoms with Gasteiger partial charge in [-0.15, -0.1) is 5.53 Å². The first-order chi connectivity index (χ1) is 12.4. The average molecular weight is 329 g/mol. The van der Waals surface area contributed by atoms with Gasteiger partial charge >= 0.3 is 0 Å². The molecule has 1 heterocycles. The molecule has 3 aromatic carbocycles. The van der Waals surface area contributed by atoms with Gasteiger partial charge in [-0.25, -0.2) is 10.1 Å². The molecule has 4 rings (SSSR count). The third-order valence-electron chi connectivity index (χ3n) is 3.78. The number of nitrogens with zero attached hydrogens (tertiary/aromatic N) is 2. The topological polar surface area (TPSA) is 42.6 Å². The number of benzene rings is 3. The summed E-state index contributed by atoms with van der Waals surface area (Å²) in [5, 5.41) is 7.26. The Bertz CT molecular complexity index is 834. The van der Waals surface area contributed by atoms with Crippen molar-refractivity contribution < 1.29 is 0 Å². The molecule has 0 radical (unpaired) electrons. The lowest BCUT2D eigenvalue weighted by Crippen LogP contribution is -2.44. The monoisotopic (exact) mass is 329 g/mol. The summed E-state index contributed by atoms with van der Waals surface area (Å²) in [6.45, 7) is 0. The minimum Gasteiger partial charge on any atom is -0.339 e. The Morgan fingerprint density at radius 3 is 1.84 bits per heavy atom. The molecule has 0 saturated heterocycles. The lowest BCUT2D eigenvalue weighted by molar-refractivity contribution is 0.352. The molecule has 0 atom stereocenters. The molecule has 0 fully saturated rings. The molecular weight excluding hydrogens is 310 g/mol. The van der Waals surface area contributed by atoms with E-state index in [-0.39, 0.29) is 0 Å². The van der Waals surface area contributed by atoms with E-state index < -0.39 is 0 Å². The van der Waals surface area contributed by atoms with Crippen LogP contribution in [0.15, 0.2) is 103 Å². The maximum absolute atomic E-state index is 3.45. The lowest BCUT2D eigenvalue weighted by atomic mass is 10.3. The zero-order chi connectivity index (χ0) is 16.9. The smallest absolute Gasteiger partial charge is 0.147 e. The molecule has 25 heavy (non-hydrogen) atoms. The molecule has 0 saturated carbocycles. The number of rotatable bonds is 5. The fourth-order valence-electron chi connectivity index (χ4n) is 2.61. The molecule has 0 unspecified atom stereocenters. The second-order valence-corrected chi connectivity index (χ2v) is 5.62. The summed E-state index contributed by atoms with van der Waals surface area (Å²) in [5.74, 6) is 0.917. The molecule has 0 bridgehead atoms. The minimum atomic E-state index is 0.917. The molecule has 3 N–H and O–H groups in total. The summed E-state index contributed by atoms with van der Waals surface area (Å²) in [6, 6.07) is 30.3. The molecular formula is C20H19N5. The molecule has 0 aliphatic carbocycles. The third kappa shape index (κ3) is 3.57. The summed E-state index contributed by atoms with van der Waals surface area (Å²) in [7, 11) is 0. The van der Waals surface area contributed by atoms with Crippen molar-refractivity contribution in [3.63, 3.8) is 0 Å². The first-order valence-electron chi connectivity index (χ1n) is 8.15. The van der Waals surface area contributed by atoms with Gasteiger partial charge in [0, 0.05) is 5.69 Å². The van der Waals surface area contributed by atoms with Crippen molar-refractivity contribution in [3.05, 3.63) is 103 Å². The Hall–Kier alpha value is -3.44. The number of nitrogens with one attached hydrogen (secondary N) is 3. The Morgan fingerprint density at radius 1 is 0.640 bits per heavy atom. The molecule has 124 valence electrons. The standard InChI is InChI=1S/C20H19N5/c1-4-10-17(11-5-1)21-20-16-24(22-18-12-6-2-7-13-18)23-25(20)19-14-8-3-9-15-19/h1-16,21-23H. The van der Waals surface area contributed by atoms with Crippen LogP contribution in [-0.2, 0) is 0 Å². The van der Waals surface area contributed by atoms with Gasteiger partial charge in [0.05, 0.1) is 17.6 Å². The van der Waals surface area contributed by atoms with Gasteiger partial charge in [0.15, 0.2) is 0 Å². The van der Waals surface area contributed by atoms with Crippen LogP contribution in [0.1, 0.15) is 0 Å². The number of anilines is 3. The second kappa shape index (κ2) is 6.98. The van der Waals surface area contributed by atoms with Crippen molar-refractivity contribution in [1.29, 1.82) is 0 Å². The van der Waals surface area contributed by atoms with Crippen molar-refractivity contribution in [1.82, 2.24) is 10.7 Å². The highest BCUT2D eigenvalue weighted by Crippen LogP contribution is 2.23. The van der Waals surface area contributed by atoms with E-state index in [1.165, 1.54) is 0 Å².